The number of sulfonamides is 1. The van der Waals surface area contributed by atoms with Crippen LogP contribution in [0.5, 0.6) is 0 Å². The Morgan fingerprint density at radius 2 is 1.97 bits per heavy atom. The first-order valence-electron chi connectivity index (χ1n) is 9.15. The van der Waals surface area contributed by atoms with Gasteiger partial charge in [-0.1, -0.05) is 12.1 Å². The number of nitrogens with zero attached hydrogens (tertiary/aromatic N) is 5. The summed E-state index contributed by atoms with van der Waals surface area (Å²) in [6, 6.07) is 5.06. The molecule has 0 aliphatic carbocycles. The molecule has 0 amide bonds. The number of halogens is 3. The molecule has 1 aliphatic heterocycles. The Morgan fingerprint density at radius 1 is 1.23 bits per heavy atom. The fourth-order valence-corrected chi connectivity index (χ4v) is 5.50. The van der Waals surface area contributed by atoms with E-state index >= 15 is 0 Å². The average molecular weight is 441 g/mol. The second kappa shape index (κ2) is 7.20. The summed E-state index contributed by atoms with van der Waals surface area (Å²) in [6.45, 7) is -1.46. The van der Waals surface area contributed by atoms with Crippen molar-refractivity contribution in [3.63, 3.8) is 0 Å². The number of hydrogen-bond acceptors (Lipinski definition) is 5. The van der Waals surface area contributed by atoms with Crippen molar-refractivity contribution >= 4 is 20.9 Å². The Balaban J connectivity index is 1.90. The molecule has 0 bridgehead atoms. The normalized spacial score (nSPS) is 18.3. The number of alkyl halides is 3. The zero-order valence-electron chi connectivity index (χ0n) is 15.9. The lowest BCUT2D eigenvalue weighted by Crippen LogP contribution is -2.38. The van der Waals surface area contributed by atoms with Gasteiger partial charge in [-0.05, 0) is 25.0 Å². The summed E-state index contributed by atoms with van der Waals surface area (Å²) in [5.41, 5.74) is -0.633. The Bertz CT molecular complexity index is 1270. The van der Waals surface area contributed by atoms with E-state index in [1.165, 1.54) is 42.2 Å². The monoisotopic (exact) mass is 441 g/mol. The van der Waals surface area contributed by atoms with Crippen LogP contribution in [0.3, 0.4) is 0 Å². The number of imidazole rings is 1. The van der Waals surface area contributed by atoms with E-state index < -0.39 is 34.3 Å². The summed E-state index contributed by atoms with van der Waals surface area (Å²) in [5, 5.41) is -0.179. The number of aryl methyl sites for hydroxylation is 1. The average Bonchev–Trinajstić information content (AvgIpc) is 3.32. The molecule has 1 unspecified atom stereocenters. The van der Waals surface area contributed by atoms with Crippen molar-refractivity contribution in [1.29, 1.82) is 0 Å². The molecule has 30 heavy (non-hydrogen) atoms. The van der Waals surface area contributed by atoms with Crippen molar-refractivity contribution in [2.24, 2.45) is 7.05 Å². The number of hydrogen-bond donors (Lipinski definition) is 0. The molecule has 1 atom stereocenters. The Labute approximate surface area is 169 Å². The minimum Gasteiger partial charge on any atom is -0.324 e. The van der Waals surface area contributed by atoms with E-state index in [4.69, 9.17) is 0 Å². The van der Waals surface area contributed by atoms with Crippen molar-refractivity contribution in [3.8, 4) is 0 Å². The predicted octanol–water partition coefficient (Wildman–Crippen LogP) is 2.22. The van der Waals surface area contributed by atoms with Gasteiger partial charge in [0.25, 0.3) is 15.6 Å². The molecule has 1 aromatic carbocycles. The Kier molecular flexibility index (Phi) is 4.93. The van der Waals surface area contributed by atoms with Crippen LogP contribution in [0, 0.1) is 0 Å². The Morgan fingerprint density at radius 3 is 2.63 bits per heavy atom. The predicted molar refractivity (Wildman–Crippen MR) is 101 cm³/mol. The highest BCUT2D eigenvalue weighted by Gasteiger charge is 2.41. The molecule has 0 radical (unpaired) electrons. The van der Waals surface area contributed by atoms with E-state index in [1.807, 2.05) is 0 Å². The molecule has 3 heterocycles. The van der Waals surface area contributed by atoms with Gasteiger partial charge in [0.1, 0.15) is 12.4 Å². The molecular weight excluding hydrogens is 423 g/mol. The standard InChI is InChI=1S/C18H18F3N5O3S/c1-24-10-8-22-17(24)30(28,29)26-9-4-7-14(26)15-23-13-6-3-2-5-12(13)16(27)25(15)11-18(19,20)21/h2-3,5-6,8,10,14H,4,7,9,11H2,1H3. The first kappa shape index (κ1) is 20.5. The van der Waals surface area contributed by atoms with Crippen molar-refractivity contribution in [1.82, 2.24) is 23.4 Å². The molecule has 3 aromatic rings. The zero-order chi connectivity index (χ0) is 21.7. The van der Waals surface area contributed by atoms with Crippen molar-refractivity contribution in [2.45, 2.75) is 36.8 Å². The van der Waals surface area contributed by atoms with Gasteiger partial charge in [0.05, 0.1) is 16.9 Å². The van der Waals surface area contributed by atoms with Gasteiger partial charge < -0.3 is 4.57 Å². The maximum atomic E-state index is 13.3. The van der Waals surface area contributed by atoms with Crippen LogP contribution in [0.15, 0.2) is 46.6 Å². The molecule has 0 saturated carbocycles. The summed E-state index contributed by atoms with van der Waals surface area (Å²) in [7, 11) is -2.59. The SMILES string of the molecule is Cn1ccnc1S(=O)(=O)N1CCCC1c1nc2ccccc2c(=O)n1CC(F)(F)F. The number of rotatable bonds is 4. The molecular formula is C18H18F3N5O3S. The molecule has 4 rings (SSSR count). The number of fused-ring (bicyclic) bond motifs is 1. The highest BCUT2D eigenvalue weighted by atomic mass is 32.2. The van der Waals surface area contributed by atoms with Gasteiger partial charge in [-0.3, -0.25) is 9.36 Å². The van der Waals surface area contributed by atoms with Crippen LogP contribution in [0.25, 0.3) is 10.9 Å². The topological polar surface area (TPSA) is 90.1 Å². The van der Waals surface area contributed by atoms with Gasteiger partial charge in [-0.25, -0.2) is 18.4 Å². The van der Waals surface area contributed by atoms with Crippen LogP contribution >= 0.6 is 0 Å². The third-order valence-corrected chi connectivity index (χ3v) is 6.96. The van der Waals surface area contributed by atoms with Gasteiger partial charge in [0, 0.05) is 26.0 Å². The highest BCUT2D eigenvalue weighted by Crippen LogP contribution is 2.36. The Hall–Kier alpha value is -2.73. The first-order valence-corrected chi connectivity index (χ1v) is 10.6. The van der Waals surface area contributed by atoms with Crippen LogP contribution in [0.2, 0.25) is 0 Å². The third kappa shape index (κ3) is 3.49. The highest BCUT2D eigenvalue weighted by molar-refractivity contribution is 7.89. The van der Waals surface area contributed by atoms with Gasteiger partial charge in [-0.2, -0.15) is 17.5 Å². The smallest absolute Gasteiger partial charge is 0.324 e. The molecule has 12 heteroatoms. The van der Waals surface area contributed by atoms with E-state index in [0.29, 0.717) is 11.0 Å². The van der Waals surface area contributed by atoms with Gasteiger partial charge in [0.2, 0.25) is 5.16 Å². The fraction of sp³-hybridized carbons (Fsp3) is 0.389. The molecule has 160 valence electrons. The lowest BCUT2D eigenvalue weighted by molar-refractivity contribution is -0.141. The van der Waals surface area contributed by atoms with Gasteiger partial charge >= 0.3 is 6.18 Å². The molecule has 0 N–H and O–H groups in total. The summed E-state index contributed by atoms with van der Waals surface area (Å²) >= 11 is 0. The molecule has 0 spiro atoms. The molecule has 8 nitrogen and oxygen atoms in total. The minimum atomic E-state index is -4.68. The summed E-state index contributed by atoms with van der Waals surface area (Å²) in [6.07, 6.45) is -1.22. The second-order valence-corrected chi connectivity index (χ2v) is 8.87. The lowest BCUT2D eigenvalue weighted by atomic mass is 10.2. The minimum absolute atomic E-state index is 0.0435. The summed E-state index contributed by atoms with van der Waals surface area (Å²) < 4.78 is 69.0. The first-order chi connectivity index (χ1) is 14.1. The van der Waals surface area contributed by atoms with E-state index in [2.05, 4.69) is 9.97 Å². The van der Waals surface area contributed by atoms with Gasteiger partial charge in [0.15, 0.2) is 0 Å². The van der Waals surface area contributed by atoms with E-state index in [1.54, 1.807) is 6.07 Å². The van der Waals surface area contributed by atoms with Crippen LogP contribution in [-0.2, 0) is 23.6 Å². The lowest BCUT2D eigenvalue weighted by Gasteiger charge is -2.26. The van der Waals surface area contributed by atoms with Crippen molar-refractivity contribution < 1.29 is 21.6 Å². The molecule has 1 fully saturated rings. The molecule has 1 aliphatic rings. The number of para-hydroxylation sites is 1. The summed E-state index contributed by atoms with van der Waals surface area (Å²) in [5.74, 6) is -0.216. The van der Waals surface area contributed by atoms with Crippen molar-refractivity contribution in [2.75, 3.05) is 6.54 Å². The molecule has 2 aromatic heterocycles. The maximum absolute atomic E-state index is 13.3. The van der Waals surface area contributed by atoms with E-state index in [-0.39, 0.29) is 34.8 Å². The molecule has 1 saturated heterocycles. The van der Waals surface area contributed by atoms with Crippen LogP contribution in [0.1, 0.15) is 24.7 Å². The maximum Gasteiger partial charge on any atom is 0.406 e. The number of benzene rings is 1. The van der Waals surface area contributed by atoms with Crippen LogP contribution < -0.4 is 5.56 Å². The zero-order valence-corrected chi connectivity index (χ0v) is 16.7. The largest absolute Gasteiger partial charge is 0.406 e. The van der Waals surface area contributed by atoms with E-state index in [9.17, 15) is 26.4 Å². The number of aromatic nitrogens is 4. The third-order valence-electron chi connectivity index (χ3n) is 5.05. The summed E-state index contributed by atoms with van der Waals surface area (Å²) in [4.78, 5) is 21.0. The van der Waals surface area contributed by atoms with Crippen molar-refractivity contribution in [3.05, 3.63) is 52.8 Å². The second-order valence-electron chi connectivity index (χ2n) is 7.09. The van der Waals surface area contributed by atoms with Crippen LogP contribution in [-0.4, -0.2) is 44.5 Å². The van der Waals surface area contributed by atoms with E-state index in [0.717, 1.165) is 4.31 Å². The quantitative estimate of drug-likeness (QED) is 0.619. The fourth-order valence-electron chi connectivity index (χ4n) is 3.76. The van der Waals surface area contributed by atoms with Crippen LogP contribution in [0.4, 0.5) is 13.2 Å². The van der Waals surface area contributed by atoms with Gasteiger partial charge in [-0.15, -0.1) is 0 Å².